The number of carbonyl (C=O) groups excluding carboxylic acids is 1. The zero-order valence-electron chi connectivity index (χ0n) is 17.8. The Bertz CT molecular complexity index is 1240. The molecule has 0 saturated carbocycles. The number of halogens is 1. The average Bonchev–Trinajstić information content (AvgIpc) is 2.84. The quantitative estimate of drug-likeness (QED) is 0.513. The number of aromatic nitrogens is 1. The Morgan fingerprint density at radius 2 is 2.03 bits per heavy atom. The molecule has 1 aromatic heterocycles. The average molecular weight is 488 g/mol. The summed E-state index contributed by atoms with van der Waals surface area (Å²) in [6.45, 7) is 0.795. The van der Waals surface area contributed by atoms with E-state index in [1.165, 1.54) is 22.8 Å². The number of benzene rings is 2. The van der Waals surface area contributed by atoms with Crippen LogP contribution >= 0.6 is 11.6 Å². The van der Waals surface area contributed by atoms with Crippen molar-refractivity contribution in [2.75, 3.05) is 31.2 Å². The number of nitrogens with zero attached hydrogens (tertiary/aromatic N) is 2. The molecule has 2 aromatic carbocycles. The van der Waals surface area contributed by atoms with Crippen molar-refractivity contribution in [2.24, 2.45) is 0 Å². The van der Waals surface area contributed by atoms with Crippen molar-refractivity contribution < 1.29 is 22.7 Å². The lowest BCUT2D eigenvalue weighted by atomic mass is 10.0. The summed E-state index contributed by atoms with van der Waals surface area (Å²) in [4.78, 5) is 16.5. The first-order valence-electron chi connectivity index (χ1n) is 10.2. The monoisotopic (exact) mass is 487 g/mol. The van der Waals surface area contributed by atoms with E-state index >= 15 is 0 Å². The number of sulfonamides is 1. The van der Waals surface area contributed by atoms with Gasteiger partial charge in [0.25, 0.3) is 15.9 Å². The van der Waals surface area contributed by atoms with Gasteiger partial charge in [-0.1, -0.05) is 23.7 Å². The van der Waals surface area contributed by atoms with Crippen molar-refractivity contribution in [3.8, 4) is 5.75 Å². The first-order valence-corrected chi connectivity index (χ1v) is 12.0. The van der Waals surface area contributed by atoms with Crippen molar-refractivity contribution in [1.82, 2.24) is 10.3 Å². The van der Waals surface area contributed by atoms with Crippen molar-refractivity contribution in [1.29, 1.82) is 0 Å². The number of carbonyl (C=O) groups is 1. The van der Waals surface area contributed by atoms with Crippen LogP contribution in [0.1, 0.15) is 22.0 Å². The fraction of sp³-hybridized carbons (Fsp3) is 0.217. The summed E-state index contributed by atoms with van der Waals surface area (Å²) in [5.74, 6) is -0.00740. The van der Waals surface area contributed by atoms with Gasteiger partial charge in [-0.25, -0.2) is 8.42 Å². The molecule has 0 bridgehead atoms. The Kier molecular flexibility index (Phi) is 6.83. The Morgan fingerprint density at radius 3 is 2.73 bits per heavy atom. The van der Waals surface area contributed by atoms with E-state index in [9.17, 15) is 13.2 Å². The summed E-state index contributed by atoms with van der Waals surface area (Å²) in [6.07, 6.45) is 2.82. The van der Waals surface area contributed by atoms with Gasteiger partial charge in [-0.05, 0) is 48.0 Å². The number of pyridine rings is 1. The van der Waals surface area contributed by atoms with Crippen LogP contribution in [0.25, 0.3) is 0 Å². The molecule has 1 aliphatic heterocycles. The van der Waals surface area contributed by atoms with Gasteiger partial charge in [0.1, 0.15) is 23.3 Å². The van der Waals surface area contributed by atoms with Crippen LogP contribution in [0.5, 0.6) is 5.75 Å². The van der Waals surface area contributed by atoms with Crippen LogP contribution in [0.4, 0.5) is 5.69 Å². The minimum Gasteiger partial charge on any atom is -0.489 e. The van der Waals surface area contributed by atoms with Crippen molar-refractivity contribution >= 4 is 33.2 Å². The van der Waals surface area contributed by atoms with E-state index in [1.807, 2.05) is 0 Å². The molecule has 33 heavy (non-hydrogen) atoms. The summed E-state index contributed by atoms with van der Waals surface area (Å²) >= 11 is 6.03. The van der Waals surface area contributed by atoms with Gasteiger partial charge in [-0.2, -0.15) is 0 Å². The number of nitrogens with one attached hydrogen (secondary N) is 1. The smallest absolute Gasteiger partial charge is 0.266 e. The second kappa shape index (κ2) is 9.78. The molecular weight excluding hydrogens is 466 g/mol. The molecular formula is C23H22ClN3O5S. The highest BCUT2D eigenvalue weighted by Gasteiger charge is 2.38. The first-order chi connectivity index (χ1) is 15.9. The zero-order valence-corrected chi connectivity index (χ0v) is 19.3. The zero-order chi connectivity index (χ0) is 23.4. The highest BCUT2D eigenvalue weighted by atomic mass is 35.5. The minimum atomic E-state index is -3.99. The minimum absolute atomic E-state index is 0.0539. The van der Waals surface area contributed by atoms with Crippen molar-refractivity contribution in [3.63, 3.8) is 0 Å². The normalized spacial score (nSPS) is 15.5. The highest BCUT2D eigenvalue weighted by Crippen LogP contribution is 2.43. The lowest BCUT2D eigenvalue weighted by Crippen LogP contribution is -2.41. The molecule has 1 amide bonds. The second-order valence-corrected chi connectivity index (χ2v) is 9.55. The van der Waals surface area contributed by atoms with Crippen LogP contribution in [0.2, 0.25) is 5.02 Å². The molecule has 10 heteroatoms. The van der Waals surface area contributed by atoms with Crippen molar-refractivity contribution in [3.05, 3.63) is 83.1 Å². The van der Waals surface area contributed by atoms with E-state index in [2.05, 4.69) is 10.3 Å². The van der Waals surface area contributed by atoms with Crippen LogP contribution in [-0.2, 0) is 14.8 Å². The van der Waals surface area contributed by atoms with Crippen molar-refractivity contribution in [2.45, 2.75) is 10.9 Å². The highest BCUT2D eigenvalue weighted by molar-refractivity contribution is 7.92. The van der Waals surface area contributed by atoms with Gasteiger partial charge < -0.3 is 14.8 Å². The summed E-state index contributed by atoms with van der Waals surface area (Å²) in [6, 6.07) is 14.1. The predicted octanol–water partition coefficient (Wildman–Crippen LogP) is 3.44. The Morgan fingerprint density at radius 1 is 1.24 bits per heavy atom. The lowest BCUT2D eigenvalue weighted by Gasteiger charge is -2.38. The number of ether oxygens (including phenoxy) is 2. The molecule has 0 radical (unpaired) electrons. The first kappa shape index (κ1) is 23.0. The second-order valence-electron chi connectivity index (χ2n) is 7.30. The number of methoxy groups -OCH3 is 1. The molecule has 3 aromatic rings. The third-order valence-electron chi connectivity index (χ3n) is 5.18. The van der Waals surface area contributed by atoms with Gasteiger partial charge in [0, 0.05) is 36.6 Å². The maximum atomic E-state index is 13.7. The SMILES string of the molecule is COCCNC(=O)c1ccc2c(c1)OCC(c1ccc(Cl)cc1)N2S(=O)(=O)c1cccnc1. The van der Waals surface area contributed by atoms with Gasteiger partial charge in [0.15, 0.2) is 0 Å². The van der Waals surface area contributed by atoms with Crippen LogP contribution in [0, 0.1) is 0 Å². The number of anilines is 1. The molecule has 1 atom stereocenters. The summed E-state index contributed by atoms with van der Waals surface area (Å²) in [5.41, 5.74) is 1.41. The number of amides is 1. The number of rotatable bonds is 7. The summed E-state index contributed by atoms with van der Waals surface area (Å²) in [7, 11) is -2.44. The molecule has 1 unspecified atom stereocenters. The van der Waals surface area contributed by atoms with E-state index in [-0.39, 0.29) is 17.4 Å². The van der Waals surface area contributed by atoms with Gasteiger partial charge in [-0.15, -0.1) is 0 Å². The number of hydrogen-bond acceptors (Lipinski definition) is 6. The summed E-state index contributed by atoms with van der Waals surface area (Å²) < 4.78 is 39.6. The third kappa shape index (κ3) is 4.80. The molecule has 172 valence electrons. The molecule has 8 nitrogen and oxygen atoms in total. The van der Waals surface area contributed by atoms with E-state index in [0.29, 0.717) is 35.2 Å². The fourth-order valence-corrected chi connectivity index (χ4v) is 5.28. The maximum Gasteiger partial charge on any atom is 0.266 e. The van der Waals surface area contributed by atoms with E-state index in [1.54, 1.807) is 55.6 Å². The van der Waals surface area contributed by atoms with Crippen LogP contribution in [-0.4, -0.2) is 46.2 Å². The Hall–Kier alpha value is -3.14. The molecule has 0 spiro atoms. The largest absolute Gasteiger partial charge is 0.489 e. The molecule has 0 fully saturated rings. The van der Waals surface area contributed by atoms with E-state index in [0.717, 1.165) is 5.56 Å². The standard InChI is InChI=1S/C23H22ClN3O5S/c1-31-12-11-26-23(28)17-6-9-20-22(13-17)32-15-21(16-4-7-18(24)8-5-16)27(20)33(29,30)19-3-2-10-25-14-19/h2-10,13-14,21H,11-12,15H2,1H3,(H,26,28). The fourth-order valence-electron chi connectivity index (χ4n) is 3.55. The van der Waals surface area contributed by atoms with Crippen LogP contribution in [0.15, 0.2) is 71.9 Å². The Balaban J connectivity index is 1.77. The molecule has 1 N–H and O–H groups in total. The summed E-state index contributed by atoms with van der Waals surface area (Å²) in [5, 5.41) is 3.28. The molecule has 1 aliphatic rings. The third-order valence-corrected chi connectivity index (χ3v) is 7.24. The van der Waals surface area contributed by atoms with Crippen LogP contribution < -0.4 is 14.4 Å². The van der Waals surface area contributed by atoms with Crippen LogP contribution in [0.3, 0.4) is 0 Å². The van der Waals surface area contributed by atoms with Gasteiger partial charge in [0.2, 0.25) is 0 Å². The van der Waals surface area contributed by atoms with E-state index in [4.69, 9.17) is 21.1 Å². The van der Waals surface area contributed by atoms with Gasteiger partial charge in [0.05, 0.1) is 12.3 Å². The van der Waals surface area contributed by atoms with E-state index < -0.39 is 16.1 Å². The molecule has 4 rings (SSSR count). The topological polar surface area (TPSA) is 97.8 Å². The Labute approximate surface area is 197 Å². The maximum absolute atomic E-state index is 13.7. The lowest BCUT2D eigenvalue weighted by molar-refractivity contribution is 0.0936. The molecule has 2 heterocycles. The van der Waals surface area contributed by atoms with Gasteiger partial charge >= 0.3 is 0 Å². The number of hydrogen-bond donors (Lipinski definition) is 1. The predicted molar refractivity (Wildman–Crippen MR) is 124 cm³/mol. The van der Waals surface area contributed by atoms with Gasteiger partial charge in [-0.3, -0.25) is 14.1 Å². The molecule has 0 aliphatic carbocycles. The number of fused-ring (bicyclic) bond motifs is 1. The molecule has 0 saturated heterocycles.